The first-order chi connectivity index (χ1) is 15.6. The molecule has 160 valence electrons. The average molecular weight is 425 g/mol. The molecule has 4 heterocycles. The topological polar surface area (TPSA) is 71.8 Å². The summed E-state index contributed by atoms with van der Waals surface area (Å²) in [6, 6.07) is 14.4. The van der Waals surface area contributed by atoms with Crippen molar-refractivity contribution in [1.82, 2.24) is 19.5 Å². The highest BCUT2D eigenvalue weighted by atomic mass is 16.5. The van der Waals surface area contributed by atoms with E-state index < -0.39 is 0 Å². The number of nitrogens with zero attached hydrogens (tertiary/aromatic N) is 4. The van der Waals surface area contributed by atoms with Gasteiger partial charge < -0.3 is 10.1 Å². The number of ether oxygens (including phenoxy) is 1. The highest BCUT2D eigenvalue weighted by Gasteiger charge is 2.25. The Morgan fingerprint density at radius 1 is 1.12 bits per heavy atom. The molecule has 0 saturated heterocycles. The van der Waals surface area contributed by atoms with Crippen LogP contribution in [0.3, 0.4) is 0 Å². The summed E-state index contributed by atoms with van der Waals surface area (Å²) in [7, 11) is 0. The van der Waals surface area contributed by atoms with Crippen molar-refractivity contribution in [3.05, 3.63) is 88.2 Å². The number of hydrogen-bond donors (Lipinski definition) is 1. The SMILES string of the molecule is Cc1c(CN2CCc3cc(Nc4ccn5nccc5n4)ccc3C2)ccc2c1COC2=O. The van der Waals surface area contributed by atoms with Gasteiger partial charge in [0.15, 0.2) is 5.65 Å². The molecule has 2 aromatic heterocycles. The molecule has 7 heteroatoms. The molecule has 2 aliphatic rings. The normalized spacial score (nSPS) is 15.5. The van der Waals surface area contributed by atoms with Crippen LogP contribution in [0, 0.1) is 6.92 Å². The van der Waals surface area contributed by atoms with Crippen LogP contribution in [0.5, 0.6) is 0 Å². The van der Waals surface area contributed by atoms with Crippen LogP contribution in [0.1, 0.15) is 38.2 Å². The second-order valence-electron chi connectivity index (χ2n) is 8.47. The summed E-state index contributed by atoms with van der Waals surface area (Å²) in [5.41, 5.74) is 8.82. The lowest BCUT2D eigenvalue weighted by molar-refractivity contribution is 0.0535. The largest absolute Gasteiger partial charge is 0.457 e. The standard InChI is InChI=1S/C25H23N5O2/c1-16-18(3-5-21-22(16)15-32-25(21)31)13-29-10-7-17-12-20(4-2-19(17)14-29)27-23-8-11-30-24(28-23)6-9-26-30/h2-6,8-9,11-12H,7,10,13-15H2,1H3,(H,27,28). The van der Waals surface area contributed by atoms with Gasteiger partial charge in [-0.05, 0) is 59.9 Å². The van der Waals surface area contributed by atoms with Crippen LogP contribution in [-0.4, -0.2) is 32.0 Å². The van der Waals surface area contributed by atoms with Gasteiger partial charge in [-0.15, -0.1) is 0 Å². The van der Waals surface area contributed by atoms with E-state index in [4.69, 9.17) is 4.74 Å². The number of rotatable bonds is 4. The third-order valence-corrected chi connectivity index (χ3v) is 6.50. The number of benzene rings is 2. The van der Waals surface area contributed by atoms with E-state index in [-0.39, 0.29) is 5.97 Å². The number of cyclic esters (lactones) is 1. The van der Waals surface area contributed by atoms with E-state index in [2.05, 4.69) is 51.5 Å². The molecule has 0 saturated carbocycles. The molecule has 2 aromatic carbocycles. The molecule has 0 fully saturated rings. The molecule has 7 nitrogen and oxygen atoms in total. The second-order valence-corrected chi connectivity index (χ2v) is 8.47. The maximum Gasteiger partial charge on any atom is 0.338 e. The summed E-state index contributed by atoms with van der Waals surface area (Å²) in [6.07, 6.45) is 4.66. The zero-order valence-corrected chi connectivity index (χ0v) is 17.8. The molecule has 0 spiro atoms. The van der Waals surface area contributed by atoms with E-state index in [9.17, 15) is 4.79 Å². The number of hydrogen-bond acceptors (Lipinski definition) is 6. The van der Waals surface area contributed by atoms with Crippen molar-refractivity contribution in [3.8, 4) is 0 Å². The minimum Gasteiger partial charge on any atom is -0.457 e. The quantitative estimate of drug-likeness (QED) is 0.498. The van der Waals surface area contributed by atoms with E-state index in [0.717, 1.165) is 54.3 Å². The van der Waals surface area contributed by atoms with Crippen LogP contribution < -0.4 is 5.32 Å². The first-order valence-corrected chi connectivity index (χ1v) is 10.8. The Labute approximate surface area is 185 Å². The van der Waals surface area contributed by atoms with Gasteiger partial charge >= 0.3 is 5.97 Å². The van der Waals surface area contributed by atoms with Gasteiger partial charge in [-0.2, -0.15) is 5.10 Å². The average Bonchev–Trinajstić information content (AvgIpc) is 3.42. The summed E-state index contributed by atoms with van der Waals surface area (Å²) in [4.78, 5) is 18.9. The number of aromatic nitrogens is 3. The van der Waals surface area contributed by atoms with E-state index in [1.165, 1.54) is 22.3 Å². The molecule has 4 aromatic rings. The Morgan fingerprint density at radius 2 is 2.06 bits per heavy atom. The fourth-order valence-corrected chi connectivity index (χ4v) is 4.66. The Morgan fingerprint density at radius 3 is 3.00 bits per heavy atom. The van der Waals surface area contributed by atoms with Crippen LogP contribution in [0.15, 0.2) is 54.9 Å². The number of anilines is 2. The van der Waals surface area contributed by atoms with E-state index in [0.29, 0.717) is 6.61 Å². The monoisotopic (exact) mass is 425 g/mol. The molecular formula is C25H23N5O2. The van der Waals surface area contributed by atoms with E-state index in [1.807, 2.05) is 24.4 Å². The first-order valence-electron chi connectivity index (χ1n) is 10.8. The van der Waals surface area contributed by atoms with Crippen molar-refractivity contribution in [2.75, 3.05) is 11.9 Å². The van der Waals surface area contributed by atoms with Gasteiger partial charge in [0, 0.05) is 43.1 Å². The minimum atomic E-state index is -0.203. The maximum absolute atomic E-state index is 11.8. The number of esters is 1. The van der Waals surface area contributed by atoms with Crippen molar-refractivity contribution < 1.29 is 9.53 Å². The fraction of sp³-hybridized carbons (Fsp3) is 0.240. The van der Waals surface area contributed by atoms with Gasteiger partial charge in [0.25, 0.3) is 0 Å². The minimum absolute atomic E-state index is 0.203. The van der Waals surface area contributed by atoms with Gasteiger partial charge in [-0.3, -0.25) is 4.90 Å². The summed E-state index contributed by atoms with van der Waals surface area (Å²) >= 11 is 0. The predicted molar refractivity (Wildman–Crippen MR) is 121 cm³/mol. The Kier molecular flexibility index (Phi) is 4.43. The second kappa shape index (κ2) is 7.46. The third kappa shape index (κ3) is 3.31. The van der Waals surface area contributed by atoms with Crippen molar-refractivity contribution >= 4 is 23.1 Å². The van der Waals surface area contributed by atoms with Crippen LogP contribution in [0.2, 0.25) is 0 Å². The van der Waals surface area contributed by atoms with Gasteiger partial charge in [0.1, 0.15) is 12.4 Å². The van der Waals surface area contributed by atoms with Gasteiger partial charge in [-0.25, -0.2) is 14.3 Å². The molecule has 0 radical (unpaired) electrons. The summed E-state index contributed by atoms with van der Waals surface area (Å²) < 4.78 is 6.95. The number of carbonyl (C=O) groups is 1. The Bertz CT molecular complexity index is 1360. The zero-order valence-electron chi connectivity index (χ0n) is 17.8. The van der Waals surface area contributed by atoms with Gasteiger partial charge in [0.2, 0.25) is 0 Å². The van der Waals surface area contributed by atoms with Gasteiger partial charge in [-0.1, -0.05) is 12.1 Å². The first kappa shape index (κ1) is 19.0. The lowest BCUT2D eigenvalue weighted by Gasteiger charge is -2.30. The number of nitrogens with one attached hydrogen (secondary N) is 1. The molecule has 0 aliphatic carbocycles. The van der Waals surface area contributed by atoms with Crippen LogP contribution in [0.25, 0.3) is 5.65 Å². The Balaban J connectivity index is 1.17. The molecular weight excluding hydrogens is 402 g/mol. The smallest absolute Gasteiger partial charge is 0.338 e. The van der Waals surface area contributed by atoms with Crippen LogP contribution in [-0.2, 0) is 30.9 Å². The molecule has 0 unspecified atom stereocenters. The lowest BCUT2D eigenvalue weighted by atomic mass is 9.96. The molecule has 0 atom stereocenters. The summed E-state index contributed by atoms with van der Waals surface area (Å²) in [5.74, 6) is 0.608. The molecule has 32 heavy (non-hydrogen) atoms. The van der Waals surface area contributed by atoms with Crippen molar-refractivity contribution in [3.63, 3.8) is 0 Å². The van der Waals surface area contributed by atoms with Crippen molar-refractivity contribution in [1.29, 1.82) is 0 Å². The van der Waals surface area contributed by atoms with Gasteiger partial charge in [0.05, 0.1) is 11.8 Å². The predicted octanol–water partition coefficient (Wildman–Crippen LogP) is 4.01. The highest BCUT2D eigenvalue weighted by molar-refractivity contribution is 5.93. The van der Waals surface area contributed by atoms with Crippen LogP contribution in [0.4, 0.5) is 11.5 Å². The van der Waals surface area contributed by atoms with E-state index >= 15 is 0 Å². The number of carbonyl (C=O) groups excluding carboxylic acids is 1. The maximum atomic E-state index is 11.8. The Hall–Kier alpha value is -3.71. The third-order valence-electron chi connectivity index (χ3n) is 6.50. The molecule has 0 bridgehead atoms. The number of fused-ring (bicyclic) bond motifs is 3. The lowest BCUT2D eigenvalue weighted by Crippen LogP contribution is -2.30. The fourth-order valence-electron chi connectivity index (χ4n) is 4.66. The summed E-state index contributed by atoms with van der Waals surface area (Å²) in [6.45, 7) is 5.29. The van der Waals surface area contributed by atoms with Crippen LogP contribution >= 0.6 is 0 Å². The molecule has 0 amide bonds. The molecule has 1 N–H and O–H groups in total. The molecule has 6 rings (SSSR count). The zero-order chi connectivity index (χ0) is 21.7. The van der Waals surface area contributed by atoms with E-state index in [1.54, 1.807) is 10.7 Å². The molecule has 2 aliphatic heterocycles. The summed E-state index contributed by atoms with van der Waals surface area (Å²) in [5, 5.41) is 7.60. The van der Waals surface area contributed by atoms with Crippen molar-refractivity contribution in [2.45, 2.75) is 33.0 Å². The van der Waals surface area contributed by atoms with Crippen molar-refractivity contribution in [2.24, 2.45) is 0 Å². The highest BCUT2D eigenvalue weighted by Crippen LogP contribution is 2.29.